The molecule has 0 spiro atoms. The van der Waals surface area contributed by atoms with Gasteiger partial charge in [-0.15, -0.1) is 0 Å². The molecule has 0 bridgehead atoms. The molecule has 0 fully saturated rings. The van der Waals surface area contributed by atoms with E-state index in [9.17, 15) is 0 Å². The van der Waals surface area contributed by atoms with Crippen molar-refractivity contribution in [3.05, 3.63) is 102 Å². The van der Waals surface area contributed by atoms with Crippen LogP contribution in [0.25, 0.3) is 28.7 Å². The summed E-state index contributed by atoms with van der Waals surface area (Å²) in [5, 5.41) is 0. The van der Waals surface area contributed by atoms with Gasteiger partial charge < -0.3 is 9.13 Å². The number of aromatic nitrogens is 2. The maximum atomic E-state index is 4.16. The van der Waals surface area contributed by atoms with Crippen molar-refractivity contribution in [2.75, 3.05) is 0 Å². The lowest BCUT2D eigenvalue weighted by Gasteiger charge is -2.21. The fourth-order valence-corrected chi connectivity index (χ4v) is 4.48. The lowest BCUT2D eigenvalue weighted by atomic mass is 10.0. The van der Waals surface area contributed by atoms with Crippen molar-refractivity contribution in [3.8, 4) is 22.5 Å². The van der Waals surface area contributed by atoms with E-state index in [0.29, 0.717) is 0 Å². The molecule has 4 aromatic rings. The van der Waals surface area contributed by atoms with Gasteiger partial charge in [-0.1, -0.05) is 81.1 Å². The first-order valence-corrected chi connectivity index (χ1v) is 10.9. The summed E-state index contributed by atoms with van der Waals surface area (Å²) in [6, 6.07) is 26.2. The van der Waals surface area contributed by atoms with Crippen LogP contribution in [0.3, 0.4) is 0 Å². The molecule has 2 nitrogen and oxygen atoms in total. The molecule has 0 aliphatic heterocycles. The third-order valence-electron chi connectivity index (χ3n) is 6.03. The monoisotopic (exact) mass is 394 g/mol. The molecule has 2 heterocycles. The van der Waals surface area contributed by atoms with Gasteiger partial charge in [0.1, 0.15) is 0 Å². The van der Waals surface area contributed by atoms with Gasteiger partial charge in [-0.3, -0.25) is 0 Å². The molecule has 0 radical (unpaired) electrons. The Morgan fingerprint density at radius 2 is 1.37 bits per heavy atom. The molecule has 1 unspecified atom stereocenters. The molecule has 2 heteroatoms. The van der Waals surface area contributed by atoms with E-state index in [1.807, 2.05) is 6.20 Å². The molecular weight excluding hydrogens is 364 g/mol. The van der Waals surface area contributed by atoms with Crippen LogP contribution >= 0.6 is 0 Å². The third-order valence-corrected chi connectivity index (χ3v) is 6.03. The van der Waals surface area contributed by atoms with E-state index >= 15 is 0 Å². The number of benzene rings is 2. The van der Waals surface area contributed by atoms with Gasteiger partial charge in [0.15, 0.2) is 0 Å². The highest BCUT2D eigenvalue weighted by Crippen LogP contribution is 2.36. The largest absolute Gasteiger partial charge is 0.339 e. The lowest BCUT2D eigenvalue weighted by molar-refractivity contribution is 0.622. The van der Waals surface area contributed by atoms with Gasteiger partial charge in [-0.25, -0.2) is 0 Å². The Bertz CT molecular complexity index is 1130. The zero-order valence-corrected chi connectivity index (χ0v) is 18.2. The Kier molecular flexibility index (Phi) is 5.76. The summed E-state index contributed by atoms with van der Waals surface area (Å²) in [5.41, 5.74) is 9.05. The molecular formula is C28H30N2. The molecule has 2 aromatic heterocycles. The Hall–Kier alpha value is -3.26. The van der Waals surface area contributed by atoms with Crippen LogP contribution in [0.2, 0.25) is 0 Å². The van der Waals surface area contributed by atoms with E-state index < -0.39 is 0 Å². The molecule has 0 saturated heterocycles. The minimum absolute atomic E-state index is 0.182. The average molecular weight is 395 g/mol. The summed E-state index contributed by atoms with van der Waals surface area (Å²) in [6.45, 7) is 10.9. The van der Waals surface area contributed by atoms with Crippen LogP contribution in [-0.4, -0.2) is 9.13 Å². The average Bonchev–Trinajstić information content (AvgIpc) is 3.41. The lowest BCUT2D eigenvalue weighted by Crippen LogP contribution is -2.11. The Balaban J connectivity index is 1.88. The molecule has 4 rings (SSSR count). The smallest absolute Gasteiger partial charge is 0.0712 e. The van der Waals surface area contributed by atoms with Crippen LogP contribution in [0, 0.1) is 0 Å². The highest BCUT2D eigenvalue weighted by molar-refractivity contribution is 5.69. The van der Waals surface area contributed by atoms with Gasteiger partial charge in [0.05, 0.1) is 17.4 Å². The normalized spacial score (nSPS) is 12.1. The molecule has 0 aliphatic carbocycles. The summed E-state index contributed by atoms with van der Waals surface area (Å²) < 4.78 is 4.69. The summed E-state index contributed by atoms with van der Waals surface area (Å²) in [4.78, 5) is 0. The van der Waals surface area contributed by atoms with Crippen molar-refractivity contribution in [1.29, 1.82) is 0 Å². The van der Waals surface area contributed by atoms with Gasteiger partial charge in [-0.05, 0) is 54.2 Å². The Labute approximate surface area is 180 Å². The van der Waals surface area contributed by atoms with Crippen molar-refractivity contribution >= 4 is 6.20 Å². The molecule has 152 valence electrons. The first-order chi connectivity index (χ1) is 14.7. The van der Waals surface area contributed by atoms with Gasteiger partial charge in [0.2, 0.25) is 0 Å². The Morgan fingerprint density at radius 1 is 0.800 bits per heavy atom. The first-order valence-electron chi connectivity index (χ1n) is 10.9. The van der Waals surface area contributed by atoms with Crippen LogP contribution < -0.4 is 0 Å². The number of aryl methyl sites for hydroxylation is 2. The van der Waals surface area contributed by atoms with Crippen LogP contribution in [0.5, 0.6) is 0 Å². The predicted octanol–water partition coefficient (Wildman–Crippen LogP) is 7.46. The fraction of sp³-hybridized carbons (Fsp3) is 0.214. The van der Waals surface area contributed by atoms with E-state index in [2.05, 4.69) is 115 Å². The molecule has 0 saturated carbocycles. The molecule has 30 heavy (non-hydrogen) atoms. The second-order valence-corrected chi connectivity index (χ2v) is 7.71. The molecule has 0 amide bonds. The van der Waals surface area contributed by atoms with E-state index in [4.69, 9.17) is 0 Å². The minimum Gasteiger partial charge on any atom is -0.339 e. The van der Waals surface area contributed by atoms with Gasteiger partial charge >= 0.3 is 0 Å². The fourth-order valence-electron chi connectivity index (χ4n) is 4.48. The topological polar surface area (TPSA) is 9.86 Å². The van der Waals surface area contributed by atoms with E-state index in [1.54, 1.807) is 0 Å². The van der Waals surface area contributed by atoms with Crippen LogP contribution in [0.15, 0.2) is 85.6 Å². The van der Waals surface area contributed by atoms with Gasteiger partial charge in [0.25, 0.3) is 0 Å². The zero-order chi connectivity index (χ0) is 21.1. The maximum Gasteiger partial charge on any atom is 0.0712 e. The van der Waals surface area contributed by atoms with Crippen molar-refractivity contribution < 1.29 is 0 Å². The van der Waals surface area contributed by atoms with Crippen LogP contribution in [0.1, 0.15) is 43.6 Å². The first kappa shape index (κ1) is 20.0. The van der Waals surface area contributed by atoms with E-state index in [1.165, 1.54) is 39.3 Å². The standard InChI is InChI=1S/C28H30N2/c1-5-22-18-19-30(27(22)24-14-10-8-11-15-24)21(4)26-20-23(6-2)28(29(26)7-3)25-16-12-9-13-17-25/h7-21H,3,5-6H2,1-2,4H3. The van der Waals surface area contributed by atoms with E-state index in [-0.39, 0.29) is 6.04 Å². The summed E-state index contributed by atoms with van der Waals surface area (Å²) in [7, 11) is 0. The maximum absolute atomic E-state index is 4.16. The van der Waals surface area contributed by atoms with Gasteiger partial charge in [0, 0.05) is 18.1 Å². The van der Waals surface area contributed by atoms with Crippen molar-refractivity contribution in [2.24, 2.45) is 0 Å². The number of hydrogen-bond acceptors (Lipinski definition) is 0. The highest BCUT2D eigenvalue weighted by Gasteiger charge is 2.22. The minimum atomic E-state index is 0.182. The highest BCUT2D eigenvalue weighted by atomic mass is 15.1. The van der Waals surface area contributed by atoms with Crippen LogP contribution in [0.4, 0.5) is 0 Å². The summed E-state index contributed by atoms with van der Waals surface area (Å²) >= 11 is 0. The molecule has 1 atom stereocenters. The second-order valence-electron chi connectivity index (χ2n) is 7.71. The van der Waals surface area contributed by atoms with Crippen molar-refractivity contribution in [1.82, 2.24) is 9.13 Å². The predicted molar refractivity (Wildman–Crippen MR) is 129 cm³/mol. The second kappa shape index (κ2) is 8.62. The molecule has 2 aromatic carbocycles. The van der Waals surface area contributed by atoms with Crippen molar-refractivity contribution in [2.45, 2.75) is 39.7 Å². The SMILES string of the molecule is C=Cn1c(C(C)n2ccc(CC)c2-c2ccccc2)cc(CC)c1-c1ccccc1. The van der Waals surface area contributed by atoms with E-state index in [0.717, 1.165) is 12.8 Å². The van der Waals surface area contributed by atoms with Crippen LogP contribution in [-0.2, 0) is 12.8 Å². The summed E-state index contributed by atoms with van der Waals surface area (Å²) in [6.07, 6.45) is 6.20. The van der Waals surface area contributed by atoms with Gasteiger partial charge in [-0.2, -0.15) is 0 Å². The Morgan fingerprint density at radius 3 is 1.90 bits per heavy atom. The number of nitrogens with zero attached hydrogens (tertiary/aromatic N) is 2. The number of rotatable bonds is 7. The number of hydrogen-bond donors (Lipinski definition) is 0. The quantitative estimate of drug-likeness (QED) is 0.308. The summed E-state index contributed by atoms with van der Waals surface area (Å²) in [5.74, 6) is 0. The molecule has 0 N–H and O–H groups in total. The zero-order valence-electron chi connectivity index (χ0n) is 18.2. The molecule has 0 aliphatic rings. The van der Waals surface area contributed by atoms with Crippen molar-refractivity contribution in [3.63, 3.8) is 0 Å². The third kappa shape index (κ3) is 3.43.